The van der Waals surface area contributed by atoms with Crippen LogP contribution in [0, 0.1) is 0 Å². The molecule has 0 radical (unpaired) electrons. The van der Waals surface area contributed by atoms with Gasteiger partial charge >= 0.3 is 6.03 Å². The summed E-state index contributed by atoms with van der Waals surface area (Å²) >= 11 is 0. The zero-order valence-electron chi connectivity index (χ0n) is 25.1. The Morgan fingerprint density at radius 2 is 1.69 bits per heavy atom. The van der Waals surface area contributed by atoms with Gasteiger partial charge in [-0.2, -0.15) is 0 Å². The van der Waals surface area contributed by atoms with Crippen LogP contribution in [0.5, 0.6) is 0 Å². The largest absolute Gasteiger partial charge is 0.415 e. The average Bonchev–Trinajstić information content (AvgIpc) is 3.16. The van der Waals surface area contributed by atoms with E-state index >= 15 is 0 Å². The van der Waals surface area contributed by atoms with Gasteiger partial charge < -0.3 is 9.33 Å². The first kappa shape index (κ1) is 29.4. The van der Waals surface area contributed by atoms with Crippen LogP contribution in [0.4, 0.5) is 10.5 Å². The first-order valence-electron chi connectivity index (χ1n) is 14.1. The van der Waals surface area contributed by atoms with E-state index in [1.165, 1.54) is 5.56 Å². The lowest BCUT2D eigenvalue weighted by atomic mass is 9.68. The molecule has 2 amide bonds. The second-order valence-electron chi connectivity index (χ2n) is 12.8. The van der Waals surface area contributed by atoms with Crippen molar-refractivity contribution in [2.45, 2.75) is 75.7 Å². The van der Waals surface area contributed by atoms with Gasteiger partial charge in [0.25, 0.3) is 0 Å². The molecule has 1 saturated carbocycles. The number of nitrogens with zero attached hydrogens (tertiary/aromatic N) is 6. The molecule has 1 aliphatic heterocycles. The molecule has 1 saturated heterocycles. The second kappa shape index (κ2) is 11.1. The van der Waals surface area contributed by atoms with E-state index in [4.69, 9.17) is 4.43 Å². The number of hydrogen-bond donors (Lipinski definition) is 0. The molecule has 0 N–H and O–H groups in total. The number of anilines is 1. The molecule has 1 aliphatic carbocycles. The number of amides is 2. The van der Waals surface area contributed by atoms with Crippen molar-refractivity contribution in [3.05, 3.63) is 54.1 Å². The van der Waals surface area contributed by atoms with Crippen molar-refractivity contribution < 1.29 is 9.22 Å². The number of urea groups is 1. The Morgan fingerprint density at radius 3 is 2.23 bits per heavy atom. The van der Waals surface area contributed by atoms with Crippen LogP contribution in [0.1, 0.15) is 57.8 Å². The van der Waals surface area contributed by atoms with Crippen LogP contribution < -0.4 is 4.90 Å². The standard InChI is InChI=1S/C30H46N6O2Si/c1-28(2,3)39(7,8)38-19-18-36-27(37)35(25-20-32-26(22-31-4)33-21-25)23-29(36)14-16-30(17-15-29,34(5)6)24-12-10-9-11-13-24/h9-13,20-22H,14-19,23H2,1-8H3/b31-22-/t29-,30+. The number of aliphatic imine (C=N–C) groups is 1. The third-order valence-electron chi connectivity index (χ3n) is 9.46. The van der Waals surface area contributed by atoms with Crippen molar-refractivity contribution in [1.82, 2.24) is 19.8 Å². The lowest BCUT2D eigenvalue weighted by molar-refractivity contribution is 0.0222. The minimum atomic E-state index is -1.93. The zero-order chi connectivity index (χ0) is 28.5. The Labute approximate surface area is 235 Å². The monoisotopic (exact) mass is 550 g/mol. The topological polar surface area (TPSA) is 74.2 Å². The average molecular weight is 551 g/mol. The highest BCUT2D eigenvalue weighted by Crippen LogP contribution is 2.49. The van der Waals surface area contributed by atoms with Crippen LogP contribution in [0.3, 0.4) is 0 Å². The molecule has 39 heavy (non-hydrogen) atoms. The zero-order valence-corrected chi connectivity index (χ0v) is 26.1. The predicted octanol–water partition coefficient (Wildman–Crippen LogP) is 5.56. The van der Waals surface area contributed by atoms with Gasteiger partial charge in [-0.05, 0) is 63.5 Å². The Hall–Kier alpha value is -2.62. The van der Waals surface area contributed by atoms with E-state index in [0.717, 1.165) is 31.4 Å². The van der Waals surface area contributed by atoms with Crippen molar-refractivity contribution in [3.63, 3.8) is 0 Å². The van der Waals surface area contributed by atoms with Gasteiger partial charge in [0.1, 0.15) is 0 Å². The summed E-state index contributed by atoms with van der Waals surface area (Å²) in [6, 6.07) is 10.8. The number of aromatic nitrogens is 2. The maximum absolute atomic E-state index is 14.0. The first-order valence-corrected chi connectivity index (χ1v) is 17.0. The lowest BCUT2D eigenvalue weighted by Gasteiger charge is -2.51. The van der Waals surface area contributed by atoms with Crippen LogP contribution in [0.15, 0.2) is 47.7 Å². The molecule has 0 bridgehead atoms. The Morgan fingerprint density at radius 1 is 1.08 bits per heavy atom. The highest BCUT2D eigenvalue weighted by molar-refractivity contribution is 6.74. The van der Waals surface area contributed by atoms with Gasteiger partial charge in [0.05, 0.1) is 43.0 Å². The molecule has 1 aromatic heterocycles. The summed E-state index contributed by atoms with van der Waals surface area (Å²) in [5, 5.41) is 0.123. The summed E-state index contributed by atoms with van der Waals surface area (Å²) in [5.74, 6) is 0.540. The van der Waals surface area contributed by atoms with E-state index in [0.29, 0.717) is 25.5 Å². The molecular weight excluding hydrogens is 504 g/mol. The highest BCUT2D eigenvalue weighted by atomic mass is 28.4. The minimum absolute atomic E-state index is 0.0198. The third kappa shape index (κ3) is 5.67. The summed E-state index contributed by atoms with van der Waals surface area (Å²) in [6.45, 7) is 13.1. The molecule has 1 spiro atoms. The number of benzene rings is 1. The molecule has 8 nitrogen and oxygen atoms in total. The maximum atomic E-state index is 14.0. The fourth-order valence-electron chi connectivity index (χ4n) is 5.89. The molecule has 2 aromatic rings. The van der Waals surface area contributed by atoms with Crippen LogP contribution >= 0.6 is 0 Å². The molecule has 212 valence electrons. The van der Waals surface area contributed by atoms with Crippen LogP contribution in [0.2, 0.25) is 18.1 Å². The lowest BCUT2D eigenvalue weighted by Crippen LogP contribution is -2.56. The SMILES string of the molecule is C/N=C\c1ncc(N2C[C@]3(CC[C@](c4ccccc4)(N(C)C)CC3)N(CCO[Si](C)(C)C(C)(C)C)C2=O)cn1. The summed E-state index contributed by atoms with van der Waals surface area (Å²) in [4.78, 5) is 33.2. The molecule has 2 fully saturated rings. The smallest absolute Gasteiger partial charge is 0.325 e. The summed E-state index contributed by atoms with van der Waals surface area (Å²) < 4.78 is 6.55. The molecule has 2 aliphatic rings. The van der Waals surface area contributed by atoms with Gasteiger partial charge in [0.15, 0.2) is 14.1 Å². The van der Waals surface area contributed by atoms with Gasteiger partial charge in [-0.25, -0.2) is 14.8 Å². The normalized spacial score (nSPS) is 24.5. The first-order chi connectivity index (χ1) is 18.4. The van der Waals surface area contributed by atoms with E-state index in [-0.39, 0.29) is 22.1 Å². The van der Waals surface area contributed by atoms with Crippen molar-refractivity contribution in [2.24, 2.45) is 4.99 Å². The molecule has 9 heteroatoms. The fraction of sp³-hybridized carbons (Fsp3) is 0.600. The number of rotatable bonds is 8. The van der Waals surface area contributed by atoms with E-state index in [2.05, 4.69) is 103 Å². The molecular formula is C30H46N6O2Si. The van der Waals surface area contributed by atoms with E-state index in [1.807, 2.05) is 4.90 Å². The van der Waals surface area contributed by atoms with Gasteiger partial charge in [0, 0.05) is 19.1 Å². The Balaban J connectivity index is 1.61. The van der Waals surface area contributed by atoms with Crippen LogP contribution in [0.25, 0.3) is 0 Å². The Kier molecular flexibility index (Phi) is 8.36. The molecule has 1 aromatic carbocycles. The van der Waals surface area contributed by atoms with Gasteiger partial charge in [0.2, 0.25) is 0 Å². The highest BCUT2D eigenvalue weighted by Gasteiger charge is 2.55. The molecule has 0 unspecified atom stereocenters. The van der Waals surface area contributed by atoms with Crippen LogP contribution in [-0.2, 0) is 9.96 Å². The van der Waals surface area contributed by atoms with Crippen molar-refractivity contribution >= 4 is 26.3 Å². The van der Waals surface area contributed by atoms with E-state index in [9.17, 15) is 4.79 Å². The summed E-state index contributed by atoms with van der Waals surface area (Å²) in [5.41, 5.74) is 1.77. The van der Waals surface area contributed by atoms with E-state index < -0.39 is 8.32 Å². The number of hydrogen-bond acceptors (Lipinski definition) is 6. The second-order valence-corrected chi connectivity index (χ2v) is 17.6. The van der Waals surface area contributed by atoms with Gasteiger partial charge in [-0.3, -0.25) is 14.8 Å². The van der Waals surface area contributed by atoms with Crippen LogP contribution in [-0.4, -0.2) is 86.7 Å². The molecule has 4 rings (SSSR count). The van der Waals surface area contributed by atoms with Crippen molar-refractivity contribution in [1.29, 1.82) is 0 Å². The van der Waals surface area contributed by atoms with E-state index in [1.54, 1.807) is 25.7 Å². The molecule has 0 atom stereocenters. The summed E-state index contributed by atoms with van der Waals surface area (Å²) in [7, 11) is 4.13. The maximum Gasteiger partial charge on any atom is 0.325 e. The fourth-order valence-corrected chi connectivity index (χ4v) is 6.93. The number of carbonyl (C=O) groups is 1. The quantitative estimate of drug-likeness (QED) is 0.318. The predicted molar refractivity (Wildman–Crippen MR) is 161 cm³/mol. The summed E-state index contributed by atoms with van der Waals surface area (Å²) in [6.07, 6.45) is 8.89. The van der Waals surface area contributed by atoms with Crippen molar-refractivity contribution in [3.8, 4) is 0 Å². The van der Waals surface area contributed by atoms with Crippen molar-refractivity contribution in [2.75, 3.05) is 45.7 Å². The van der Waals surface area contributed by atoms with Gasteiger partial charge in [-0.1, -0.05) is 51.1 Å². The number of carbonyl (C=O) groups excluding carboxylic acids is 1. The molecule has 2 heterocycles. The minimum Gasteiger partial charge on any atom is -0.415 e. The Bertz CT molecular complexity index is 1150. The third-order valence-corrected chi connectivity index (χ3v) is 14.0. The van der Waals surface area contributed by atoms with Gasteiger partial charge in [-0.15, -0.1) is 0 Å².